The molecule has 0 bridgehead atoms. The molecule has 2 heterocycles. The highest BCUT2D eigenvalue weighted by Crippen LogP contribution is 2.46. The number of carbonyl (C=O) groups is 1. The van der Waals surface area contributed by atoms with E-state index in [0.717, 1.165) is 16.8 Å². The van der Waals surface area contributed by atoms with Crippen LogP contribution in [0.15, 0.2) is 49.1 Å². The highest BCUT2D eigenvalue weighted by Gasteiger charge is 2.28. The summed E-state index contributed by atoms with van der Waals surface area (Å²) >= 11 is 0. The summed E-state index contributed by atoms with van der Waals surface area (Å²) in [4.78, 5) is 22.1. The molecule has 1 aliphatic rings. The molecule has 0 saturated carbocycles. The standard InChI is InChI=1S/C22H20N6O3/c1-30-19-7-6-18(26-27-22(29)16-9-24-13-25-10-16)21(31-2)20(19)28-11-15-5-3-4-14(8-23)17(15)12-28/h3-7,9-10,13,26H,11-12H2,1-2H3,(H,27,29). The normalized spacial score (nSPS) is 12.0. The number of hydrogen-bond acceptors (Lipinski definition) is 8. The van der Waals surface area contributed by atoms with Crippen LogP contribution in [0.1, 0.15) is 27.0 Å². The van der Waals surface area contributed by atoms with Gasteiger partial charge in [-0.05, 0) is 29.3 Å². The van der Waals surface area contributed by atoms with Crippen LogP contribution in [0.2, 0.25) is 0 Å². The molecule has 0 atom stereocenters. The highest BCUT2D eigenvalue weighted by atomic mass is 16.5. The largest absolute Gasteiger partial charge is 0.494 e. The van der Waals surface area contributed by atoms with Crippen LogP contribution in [0.25, 0.3) is 0 Å². The van der Waals surface area contributed by atoms with Gasteiger partial charge in [0.2, 0.25) is 0 Å². The van der Waals surface area contributed by atoms with Gasteiger partial charge in [-0.3, -0.25) is 15.6 Å². The maximum absolute atomic E-state index is 12.3. The van der Waals surface area contributed by atoms with E-state index in [0.29, 0.717) is 41.4 Å². The fourth-order valence-electron chi connectivity index (χ4n) is 3.62. The molecule has 9 nitrogen and oxygen atoms in total. The van der Waals surface area contributed by atoms with Gasteiger partial charge >= 0.3 is 0 Å². The molecule has 1 amide bonds. The molecule has 0 spiro atoms. The van der Waals surface area contributed by atoms with E-state index >= 15 is 0 Å². The van der Waals surface area contributed by atoms with Crippen molar-refractivity contribution >= 4 is 17.3 Å². The summed E-state index contributed by atoms with van der Waals surface area (Å²) in [6, 6.07) is 11.5. The molecule has 4 rings (SSSR count). The number of anilines is 2. The van der Waals surface area contributed by atoms with Crippen molar-refractivity contribution in [2.75, 3.05) is 24.5 Å². The van der Waals surface area contributed by atoms with Crippen LogP contribution in [0.4, 0.5) is 11.4 Å². The Labute approximate surface area is 179 Å². The van der Waals surface area contributed by atoms with Gasteiger partial charge in [-0.1, -0.05) is 12.1 Å². The first-order valence-corrected chi connectivity index (χ1v) is 9.48. The van der Waals surface area contributed by atoms with E-state index in [1.54, 1.807) is 26.4 Å². The number of hydrogen-bond donors (Lipinski definition) is 2. The van der Waals surface area contributed by atoms with Crippen LogP contribution in [-0.2, 0) is 13.1 Å². The Morgan fingerprint density at radius 1 is 1.13 bits per heavy atom. The van der Waals surface area contributed by atoms with E-state index in [2.05, 4.69) is 31.8 Å². The van der Waals surface area contributed by atoms with Crippen LogP contribution in [-0.4, -0.2) is 30.1 Å². The van der Waals surface area contributed by atoms with Crippen molar-refractivity contribution in [3.63, 3.8) is 0 Å². The van der Waals surface area contributed by atoms with Gasteiger partial charge in [0, 0.05) is 25.5 Å². The number of amides is 1. The van der Waals surface area contributed by atoms with E-state index in [-0.39, 0.29) is 5.91 Å². The fraction of sp³-hybridized carbons (Fsp3) is 0.182. The van der Waals surface area contributed by atoms with Crippen LogP contribution < -0.4 is 25.2 Å². The van der Waals surface area contributed by atoms with Crippen molar-refractivity contribution < 1.29 is 14.3 Å². The smallest absolute Gasteiger partial charge is 0.272 e. The molecule has 2 aromatic carbocycles. The average Bonchev–Trinajstić information content (AvgIpc) is 3.26. The molecule has 0 fully saturated rings. The maximum Gasteiger partial charge on any atom is 0.272 e. The summed E-state index contributed by atoms with van der Waals surface area (Å²) in [5, 5.41) is 9.44. The second-order valence-corrected chi connectivity index (χ2v) is 6.81. The lowest BCUT2D eigenvalue weighted by atomic mass is 10.1. The Morgan fingerprint density at radius 3 is 2.65 bits per heavy atom. The van der Waals surface area contributed by atoms with E-state index in [1.807, 2.05) is 18.2 Å². The second kappa shape index (κ2) is 8.59. The lowest BCUT2D eigenvalue weighted by Crippen LogP contribution is -2.30. The van der Waals surface area contributed by atoms with Crippen LogP contribution in [0.3, 0.4) is 0 Å². The number of fused-ring (bicyclic) bond motifs is 1. The number of nitrogens with zero attached hydrogens (tertiary/aromatic N) is 4. The summed E-state index contributed by atoms with van der Waals surface area (Å²) in [5.74, 6) is 0.749. The van der Waals surface area contributed by atoms with Gasteiger partial charge in [0.15, 0.2) is 5.75 Å². The van der Waals surface area contributed by atoms with Gasteiger partial charge in [0.25, 0.3) is 5.91 Å². The molecule has 0 unspecified atom stereocenters. The van der Waals surface area contributed by atoms with Gasteiger partial charge < -0.3 is 14.4 Å². The molecule has 0 radical (unpaired) electrons. The summed E-state index contributed by atoms with van der Waals surface area (Å²) in [6.45, 7) is 1.15. The summed E-state index contributed by atoms with van der Waals surface area (Å²) < 4.78 is 11.3. The van der Waals surface area contributed by atoms with Gasteiger partial charge in [-0.25, -0.2) is 9.97 Å². The quantitative estimate of drug-likeness (QED) is 0.590. The Kier molecular flexibility index (Phi) is 5.53. The molecule has 2 N–H and O–H groups in total. The van der Waals surface area contributed by atoms with Crippen LogP contribution >= 0.6 is 0 Å². The average molecular weight is 416 g/mol. The molecule has 1 aromatic heterocycles. The first-order valence-electron chi connectivity index (χ1n) is 9.48. The molecule has 9 heteroatoms. The second-order valence-electron chi connectivity index (χ2n) is 6.81. The number of nitriles is 1. The molecular formula is C22H20N6O3. The number of aromatic nitrogens is 2. The molecule has 3 aromatic rings. The first kappa shape index (κ1) is 20.0. The van der Waals surface area contributed by atoms with Gasteiger partial charge in [0.1, 0.15) is 17.8 Å². The number of methoxy groups -OCH3 is 2. The van der Waals surface area contributed by atoms with Gasteiger partial charge in [0.05, 0.1) is 37.1 Å². The predicted molar refractivity (Wildman–Crippen MR) is 114 cm³/mol. The fourth-order valence-corrected chi connectivity index (χ4v) is 3.62. The molecule has 156 valence electrons. The predicted octanol–water partition coefficient (Wildman–Crippen LogP) is 2.64. The van der Waals surface area contributed by atoms with Crippen molar-refractivity contribution in [3.8, 4) is 17.6 Å². The van der Waals surface area contributed by atoms with Gasteiger partial charge in [-0.15, -0.1) is 0 Å². The zero-order chi connectivity index (χ0) is 21.8. The minimum absolute atomic E-state index is 0.321. The van der Waals surface area contributed by atoms with Crippen molar-refractivity contribution in [2.24, 2.45) is 0 Å². The van der Waals surface area contributed by atoms with E-state index in [4.69, 9.17) is 9.47 Å². The number of carbonyl (C=O) groups excluding carboxylic acids is 1. The first-order chi connectivity index (χ1) is 15.2. The molecule has 31 heavy (non-hydrogen) atoms. The monoisotopic (exact) mass is 416 g/mol. The third-order valence-corrected chi connectivity index (χ3v) is 5.07. The minimum Gasteiger partial charge on any atom is -0.494 e. The Morgan fingerprint density at radius 2 is 1.94 bits per heavy atom. The lowest BCUT2D eigenvalue weighted by molar-refractivity contribution is 0.0962. The zero-order valence-electron chi connectivity index (χ0n) is 17.0. The van der Waals surface area contributed by atoms with Crippen LogP contribution in [0.5, 0.6) is 11.5 Å². The summed E-state index contributed by atoms with van der Waals surface area (Å²) in [6.07, 6.45) is 4.21. The van der Waals surface area contributed by atoms with E-state index < -0.39 is 0 Å². The molecular weight excluding hydrogens is 396 g/mol. The van der Waals surface area contributed by atoms with Crippen LogP contribution in [0, 0.1) is 11.3 Å². The number of hydrazine groups is 1. The number of rotatable bonds is 6. The van der Waals surface area contributed by atoms with Crippen molar-refractivity contribution in [3.05, 3.63) is 71.3 Å². The highest BCUT2D eigenvalue weighted by molar-refractivity contribution is 5.94. The number of nitrogens with one attached hydrogen (secondary N) is 2. The zero-order valence-corrected chi connectivity index (χ0v) is 17.0. The van der Waals surface area contributed by atoms with E-state index in [9.17, 15) is 10.1 Å². The van der Waals surface area contributed by atoms with Crippen molar-refractivity contribution in [2.45, 2.75) is 13.1 Å². The topological polar surface area (TPSA) is 112 Å². The SMILES string of the molecule is COc1ccc(NNC(=O)c2cncnc2)c(OC)c1N1Cc2cccc(C#N)c2C1. The van der Waals surface area contributed by atoms with Gasteiger partial charge in [-0.2, -0.15) is 5.26 Å². The number of ether oxygens (including phenoxy) is 2. The van der Waals surface area contributed by atoms with Crippen molar-refractivity contribution in [1.29, 1.82) is 5.26 Å². The molecule has 1 aliphatic heterocycles. The maximum atomic E-state index is 12.3. The molecule has 0 saturated heterocycles. The third-order valence-electron chi connectivity index (χ3n) is 5.07. The minimum atomic E-state index is -0.382. The number of benzene rings is 2. The molecule has 0 aliphatic carbocycles. The summed E-state index contributed by atoms with van der Waals surface area (Å²) in [7, 11) is 3.15. The summed E-state index contributed by atoms with van der Waals surface area (Å²) in [5.41, 5.74) is 9.87. The Hall–Kier alpha value is -4.32. The lowest BCUT2D eigenvalue weighted by Gasteiger charge is -2.25. The van der Waals surface area contributed by atoms with E-state index in [1.165, 1.54) is 18.7 Å². The van der Waals surface area contributed by atoms with Crippen molar-refractivity contribution in [1.82, 2.24) is 15.4 Å². The Balaban J connectivity index is 1.64. The Bertz CT molecular complexity index is 1160. The third kappa shape index (κ3) is 3.79.